The van der Waals surface area contributed by atoms with E-state index >= 15 is 0 Å². The second-order valence-electron chi connectivity index (χ2n) is 11.5. The van der Waals surface area contributed by atoms with E-state index in [0.717, 1.165) is 57.0 Å². The molecule has 2 aromatic rings. The highest BCUT2D eigenvalue weighted by molar-refractivity contribution is 5.89. The third-order valence-electron chi connectivity index (χ3n) is 8.58. The van der Waals surface area contributed by atoms with Crippen LogP contribution in [0.25, 0.3) is 11.0 Å². The smallest absolute Gasteiger partial charge is 0.409 e. The van der Waals surface area contributed by atoms with Gasteiger partial charge in [-0.25, -0.2) is 19.0 Å². The van der Waals surface area contributed by atoms with Gasteiger partial charge in [0, 0.05) is 43.8 Å². The van der Waals surface area contributed by atoms with E-state index in [9.17, 15) is 19.2 Å². The molecule has 11 nitrogen and oxygen atoms in total. The fraction of sp³-hybridized carbons (Fsp3) is 0.643. The summed E-state index contributed by atoms with van der Waals surface area (Å²) in [5.74, 6) is -0.659. The molecule has 3 fully saturated rings. The monoisotopic (exact) mass is 540 g/mol. The normalized spacial score (nSPS) is 25.3. The molecule has 212 valence electrons. The van der Waals surface area contributed by atoms with Crippen LogP contribution in [0.4, 0.5) is 9.59 Å². The largest absolute Gasteiger partial charge is 0.449 e. The molecule has 0 saturated carbocycles. The van der Waals surface area contributed by atoms with Crippen molar-refractivity contribution in [2.45, 2.75) is 83.0 Å². The van der Waals surface area contributed by atoms with E-state index in [1.165, 1.54) is 4.57 Å². The zero-order chi connectivity index (χ0) is 27.7. The van der Waals surface area contributed by atoms with Crippen LogP contribution in [-0.2, 0) is 9.53 Å². The Labute approximate surface area is 228 Å². The van der Waals surface area contributed by atoms with Crippen LogP contribution in [0.15, 0.2) is 29.1 Å². The van der Waals surface area contributed by atoms with E-state index in [1.807, 2.05) is 38.1 Å². The first-order chi connectivity index (χ1) is 18.7. The number of fused-ring (bicyclic) bond motifs is 3. The van der Waals surface area contributed by atoms with E-state index in [0.29, 0.717) is 37.3 Å². The predicted octanol–water partition coefficient (Wildman–Crippen LogP) is 2.66. The lowest BCUT2D eigenvalue weighted by atomic mass is 9.97. The molecule has 3 saturated heterocycles. The number of hydrogen-bond acceptors (Lipinski definition) is 6. The van der Waals surface area contributed by atoms with Gasteiger partial charge in [0.2, 0.25) is 5.91 Å². The molecule has 3 N–H and O–H groups in total. The highest BCUT2D eigenvalue weighted by Crippen LogP contribution is 2.36. The summed E-state index contributed by atoms with van der Waals surface area (Å²) in [5.41, 5.74) is 6.48. The molecule has 39 heavy (non-hydrogen) atoms. The number of piperidine rings is 2. The van der Waals surface area contributed by atoms with Crippen molar-refractivity contribution < 1.29 is 19.1 Å². The van der Waals surface area contributed by atoms with E-state index in [-0.39, 0.29) is 41.7 Å². The van der Waals surface area contributed by atoms with Crippen molar-refractivity contribution in [1.29, 1.82) is 0 Å². The molecule has 3 aliphatic rings. The molecule has 1 aromatic carbocycles. The van der Waals surface area contributed by atoms with Crippen LogP contribution in [0.5, 0.6) is 0 Å². The van der Waals surface area contributed by atoms with Crippen LogP contribution in [0.1, 0.15) is 64.8 Å². The standard InChI is InChI=1S/C28H40N6O5/c1-18(2)33-23-8-3-4-9-24(23)34(27(33)37)26(36)30-20-15-21-10-11-22(16-20)32(21)13-6-14-39-28(38)31-12-5-7-19(17-31)25(29)35/h3-4,8-9,18-22H,5-7,10-17H2,1-2H3,(H2,29,35)(H,30,36)/t19?,20?,21-,22+. The number of amides is 3. The highest BCUT2D eigenvalue weighted by atomic mass is 16.6. The Bertz CT molecular complexity index is 1270. The summed E-state index contributed by atoms with van der Waals surface area (Å²) in [6, 6.07) is 7.72. The zero-order valence-electron chi connectivity index (χ0n) is 22.9. The number of carbonyl (C=O) groups excluding carboxylic acids is 3. The highest BCUT2D eigenvalue weighted by Gasteiger charge is 2.41. The van der Waals surface area contributed by atoms with Crippen molar-refractivity contribution in [3.05, 3.63) is 34.7 Å². The maximum absolute atomic E-state index is 13.3. The van der Waals surface area contributed by atoms with Gasteiger partial charge in [-0.05, 0) is 70.9 Å². The molecule has 0 radical (unpaired) electrons. The van der Waals surface area contributed by atoms with E-state index in [4.69, 9.17) is 10.5 Å². The number of nitrogens with two attached hydrogens (primary N) is 1. The number of benzene rings is 1. The average molecular weight is 541 g/mol. The molecule has 1 aromatic heterocycles. The molecular weight excluding hydrogens is 500 g/mol. The topological polar surface area (TPSA) is 132 Å². The molecular formula is C28H40N6O5. The van der Waals surface area contributed by atoms with Crippen LogP contribution in [0, 0.1) is 5.92 Å². The molecule has 5 rings (SSSR count). The molecule has 2 unspecified atom stereocenters. The van der Waals surface area contributed by atoms with Gasteiger partial charge in [-0.1, -0.05) is 12.1 Å². The second-order valence-corrected chi connectivity index (χ2v) is 11.5. The van der Waals surface area contributed by atoms with Crippen LogP contribution in [0.2, 0.25) is 0 Å². The average Bonchev–Trinajstić information content (AvgIpc) is 3.34. The Hall–Kier alpha value is -3.34. The molecule has 3 aliphatic heterocycles. The SMILES string of the molecule is CC(C)n1c(=O)n(C(=O)NC2C[C@H]3CC[C@@H](C2)N3CCCOC(=O)N2CCCC(C(N)=O)C2)c2ccccc21. The Morgan fingerprint density at radius 3 is 2.44 bits per heavy atom. The predicted molar refractivity (Wildman–Crippen MR) is 147 cm³/mol. The van der Waals surface area contributed by atoms with Crippen molar-refractivity contribution >= 4 is 29.1 Å². The minimum absolute atomic E-state index is 0.00874. The van der Waals surface area contributed by atoms with Crippen molar-refractivity contribution in [2.24, 2.45) is 11.7 Å². The first-order valence-corrected chi connectivity index (χ1v) is 14.2. The molecule has 2 bridgehead atoms. The number of primary amides is 1. The van der Waals surface area contributed by atoms with Crippen molar-refractivity contribution in [3.63, 3.8) is 0 Å². The summed E-state index contributed by atoms with van der Waals surface area (Å²) in [4.78, 5) is 54.4. The number of para-hydroxylation sites is 2. The number of rotatable bonds is 7. The molecule has 3 amide bonds. The minimum atomic E-state index is -0.376. The number of ether oxygens (including phenoxy) is 1. The number of imidazole rings is 1. The summed E-state index contributed by atoms with van der Waals surface area (Å²) >= 11 is 0. The van der Waals surface area contributed by atoms with Gasteiger partial charge in [-0.15, -0.1) is 0 Å². The second kappa shape index (κ2) is 11.4. The lowest BCUT2D eigenvalue weighted by molar-refractivity contribution is -0.123. The number of aromatic nitrogens is 2. The molecule has 11 heteroatoms. The van der Waals surface area contributed by atoms with Crippen LogP contribution in [0.3, 0.4) is 0 Å². The Morgan fingerprint density at radius 2 is 1.77 bits per heavy atom. The summed E-state index contributed by atoms with van der Waals surface area (Å²) in [6.07, 6.45) is 5.65. The van der Waals surface area contributed by atoms with Gasteiger partial charge in [-0.3, -0.25) is 14.3 Å². The van der Waals surface area contributed by atoms with Gasteiger partial charge in [-0.2, -0.15) is 0 Å². The third-order valence-corrected chi connectivity index (χ3v) is 8.58. The van der Waals surface area contributed by atoms with Crippen molar-refractivity contribution in [2.75, 3.05) is 26.2 Å². The first-order valence-electron chi connectivity index (χ1n) is 14.2. The lowest BCUT2D eigenvalue weighted by Gasteiger charge is -2.39. The van der Waals surface area contributed by atoms with Crippen LogP contribution >= 0.6 is 0 Å². The van der Waals surface area contributed by atoms with Gasteiger partial charge in [0.25, 0.3) is 0 Å². The van der Waals surface area contributed by atoms with Gasteiger partial charge in [0.15, 0.2) is 0 Å². The summed E-state index contributed by atoms with van der Waals surface area (Å²) in [5, 5.41) is 3.15. The van der Waals surface area contributed by atoms with Gasteiger partial charge in [0.05, 0.1) is 23.6 Å². The molecule has 4 atom stereocenters. The minimum Gasteiger partial charge on any atom is -0.449 e. The number of hydrogen-bond donors (Lipinski definition) is 2. The molecule has 0 aliphatic carbocycles. The number of likely N-dealkylation sites (tertiary alicyclic amines) is 1. The Morgan fingerprint density at radius 1 is 1.08 bits per heavy atom. The van der Waals surface area contributed by atoms with Gasteiger partial charge < -0.3 is 20.7 Å². The molecule has 0 spiro atoms. The summed E-state index contributed by atoms with van der Waals surface area (Å²) in [7, 11) is 0. The van der Waals surface area contributed by atoms with Gasteiger partial charge in [0.1, 0.15) is 0 Å². The van der Waals surface area contributed by atoms with E-state index in [1.54, 1.807) is 9.47 Å². The Kier molecular flexibility index (Phi) is 7.97. The fourth-order valence-electron chi connectivity index (χ4n) is 6.74. The lowest BCUT2D eigenvalue weighted by Crippen LogP contribution is -2.52. The summed E-state index contributed by atoms with van der Waals surface area (Å²) < 4.78 is 8.43. The van der Waals surface area contributed by atoms with E-state index < -0.39 is 0 Å². The fourth-order valence-corrected chi connectivity index (χ4v) is 6.74. The van der Waals surface area contributed by atoms with Crippen molar-refractivity contribution in [1.82, 2.24) is 24.3 Å². The maximum Gasteiger partial charge on any atom is 0.409 e. The van der Waals surface area contributed by atoms with Crippen LogP contribution < -0.4 is 16.7 Å². The maximum atomic E-state index is 13.3. The van der Waals surface area contributed by atoms with Crippen molar-refractivity contribution in [3.8, 4) is 0 Å². The Balaban J connectivity index is 1.12. The number of carbonyl (C=O) groups is 3. The van der Waals surface area contributed by atoms with E-state index in [2.05, 4.69) is 10.2 Å². The summed E-state index contributed by atoms with van der Waals surface area (Å²) in [6.45, 7) is 5.97. The first kappa shape index (κ1) is 27.2. The zero-order valence-corrected chi connectivity index (χ0v) is 22.9. The van der Waals surface area contributed by atoms with Gasteiger partial charge >= 0.3 is 17.8 Å². The number of nitrogens with zero attached hydrogens (tertiary/aromatic N) is 4. The quantitative estimate of drug-likeness (QED) is 0.519. The number of nitrogens with one attached hydrogen (secondary N) is 1. The molecule has 4 heterocycles. The third kappa shape index (κ3) is 5.54. The van der Waals surface area contributed by atoms with Crippen LogP contribution in [-0.4, -0.2) is 81.3 Å².